The molecule has 1 aromatic heterocycles. The van der Waals surface area contributed by atoms with Gasteiger partial charge in [0.2, 0.25) is 0 Å². The molecule has 0 bridgehead atoms. The minimum Gasteiger partial charge on any atom is -0.290 e. The molecule has 0 aliphatic heterocycles. The van der Waals surface area contributed by atoms with Gasteiger partial charge in [-0.3, -0.25) is 10.7 Å². The molecule has 0 amide bonds. The van der Waals surface area contributed by atoms with Crippen molar-refractivity contribution >= 4 is 5.82 Å². The van der Waals surface area contributed by atoms with Crippen LogP contribution < -0.4 is 5.48 Å². The molecule has 0 saturated carbocycles. The van der Waals surface area contributed by atoms with Crippen LogP contribution in [-0.2, 0) is 0 Å². The fourth-order valence-corrected chi connectivity index (χ4v) is 0.832. The second kappa shape index (κ2) is 2.66. The fraction of sp³-hybridized carbons (Fsp3) is 0.286. The lowest BCUT2D eigenvalue weighted by atomic mass is 10.2. The average molecular weight is 138 g/mol. The van der Waals surface area contributed by atoms with Crippen LogP contribution in [0.3, 0.4) is 0 Å². The first-order chi connectivity index (χ1) is 4.74. The second-order valence-corrected chi connectivity index (χ2v) is 2.29. The summed E-state index contributed by atoms with van der Waals surface area (Å²) in [5.41, 5.74) is 4.05. The molecular formula is C7H10N2O. The Morgan fingerprint density at radius 1 is 1.50 bits per heavy atom. The van der Waals surface area contributed by atoms with Crippen molar-refractivity contribution in [3.8, 4) is 0 Å². The molecule has 3 heteroatoms. The van der Waals surface area contributed by atoms with E-state index in [2.05, 4.69) is 4.98 Å². The van der Waals surface area contributed by atoms with Gasteiger partial charge in [0.25, 0.3) is 0 Å². The first kappa shape index (κ1) is 7.02. The van der Waals surface area contributed by atoms with E-state index in [9.17, 15) is 0 Å². The Bertz CT molecular complexity index is 235. The van der Waals surface area contributed by atoms with Crippen LogP contribution in [0.4, 0.5) is 5.82 Å². The lowest BCUT2D eigenvalue weighted by molar-refractivity contribution is 0.385. The lowest BCUT2D eigenvalue weighted by Gasteiger charge is -2.01. The van der Waals surface area contributed by atoms with E-state index in [1.807, 2.05) is 25.4 Å². The van der Waals surface area contributed by atoms with E-state index in [4.69, 9.17) is 5.21 Å². The van der Waals surface area contributed by atoms with E-state index in [-0.39, 0.29) is 0 Å². The van der Waals surface area contributed by atoms with Gasteiger partial charge < -0.3 is 0 Å². The predicted octanol–water partition coefficient (Wildman–Crippen LogP) is 1.50. The van der Waals surface area contributed by atoms with E-state index < -0.39 is 0 Å². The van der Waals surface area contributed by atoms with Gasteiger partial charge in [-0.1, -0.05) is 6.07 Å². The molecule has 1 aromatic rings. The van der Waals surface area contributed by atoms with Crippen molar-refractivity contribution in [2.45, 2.75) is 13.8 Å². The molecular weight excluding hydrogens is 128 g/mol. The number of aromatic nitrogens is 1. The number of nitrogens with one attached hydrogen (secondary N) is 1. The molecule has 2 N–H and O–H groups in total. The van der Waals surface area contributed by atoms with Gasteiger partial charge in [0.1, 0.15) is 0 Å². The van der Waals surface area contributed by atoms with Gasteiger partial charge in [-0.05, 0) is 25.0 Å². The van der Waals surface area contributed by atoms with Gasteiger partial charge >= 0.3 is 0 Å². The quantitative estimate of drug-likeness (QED) is 0.578. The summed E-state index contributed by atoms with van der Waals surface area (Å²) >= 11 is 0. The Morgan fingerprint density at radius 3 is 2.70 bits per heavy atom. The van der Waals surface area contributed by atoms with Gasteiger partial charge in [0, 0.05) is 6.20 Å². The molecule has 0 unspecified atom stereocenters. The zero-order valence-electron chi connectivity index (χ0n) is 6.05. The standard InChI is InChI=1S/C7H10N2O/c1-5-3-6(2)7(9-10)8-4-5/h3-4,10H,1-2H3,(H,8,9). The maximum absolute atomic E-state index is 8.50. The molecule has 0 aromatic carbocycles. The van der Waals surface area contributed by atoms with Crippen LogP contribution in [0.25, 0.3) is 0 Å². The first-order valence-electron chi connectivity index (χ1n) is 3.07. The summed E-state index contributed by atoms with van der Waals surface area (Å²) in [5, 5.41) is 8.50. The molecule has 0 fully saturated rings. The Hall–Kier alpha value is -1.09. The molecule has 1 heterocycles. The fourth-order valence-electron chi connectivity index (χ4n) is 0.832. The number of hydrogen-bond acceptors (Lipinski definition) is 3. The molecule has 0 saturated heterocycles. The number of rotatable bonds is 1. The summed E-state index contributed by atoms with van der Waals surface area (Å²) in [7, 11) is 0. The van der Waals surface area contributed by atoms with E-state index in [0.717, 1.165) is 11.1 Å². The Kier molecular flexibility index (Phi) is 1.87. The zero-order chi connectivity index (χ0) is 7.56. The normalized spacial score (nSPS) is 9.50. The number of anilines is 1. The molecule has 0 aliphatic carbocycles. The Balaban J connectivity index is 3.07. The van der Waals surface area contributed by atoms with Crippen molar-refractivity contribution in [2.24, 2.45) is 0 Å². The third-order valence-electron chi connectivity index (χ3n) is 1.32. The van der Waals surface area contributed by atoms with Gasteiger partial charge in [-0.25, -0.2) is 4.98 Å². The number of pyridine rings is 1. The molecule has 3 nitrogen and oxygen atoms in total. The van der Waals surface area contributed by atoms with Gasteiger partial charge in [-0.15, -0.1) is 0 Å². The highest BCUT2D eigenvalue weighted by Crippen LogP contribution is 2.10. The molecule has 1 rings (SSSR count). The van der Waals surface area contributed by atoms with Crippen molar-refractivity contribution in [1.29, 1.82) is 0 Å². The van der Waals surface area contributed by atoms with E-state index in [0.29, 0.717) is 5.82 Å². The van der Waals surface area contributed by atoms with Crippen LogP contribution in [0.2, 0.25) is 0 Å². The monoisotopic (exact) mass is 138 g/mol. The highest BCUT2D eigenvalue weighted by molar-refractivity contribution is 5.41. The molecule has 10 heavy (non-hydrogen) atoms. The summed E-state index contributed by atoms with van der Waals surface area (Å²) in [6.07, 6.45) is 1.70. The molecule has 0 aliphatic rings. The van der Waals surface area contributed by atoms with Crippen molar-refractivity contribution in [3.05, 3.63) is 23.4 Å². The van der Waals surface area contributed by atoms with Crippen molar-refractivity contribution < 1.29 is 5.21 Å². The zero-order valence-corrected chi connectivity index (χ0v) is 6.05. The number of nitrogens with zero attached hydrogens (tertiary/aromatic N) is 1. The van der Waals surface area contributed by atoms with E-state index >= 15 is 0 Å². The summed E-state index contributed by atoms with van der Waals surface area (Å²) in [5.74, 6) is 0.519. The SMILES string of the molecule is Cc1cnc(NO)c(C)c1. The lowest BCUT2D eigenvalue weighted by Crippen LogP contribution is -1.95. The van der Waals surface area contributed by atoms with Crippen LogP contribution in [0.1, 0.15) is 11.1 Å². The largest absolute Gasteiger partial charge is 0.290 e. The highest BCUT2D eigenvalue weighted by atomic mass is 16.5. The Labute approximate surface area is 59.7 Å². The minimum absolute atomic E-state index is 0.519. The average Bonchev–Trinajstić information content (AvgIpc) is 1.88. The summed E-state index contributed by atoms with van der Waals surface area (Å²) in [6, 6.07) is 1.95. The Morgan fingerprint density at radius 2 is 2.20 bits per heavy atom. The van der Waals surface area contributed by atoms with Gasteiger partial charge in [0.15, 0.2) is 5.82 Å². The third-order valence-corrected chi connectivity index (χ3v) is 1.32. The maximum atomic E-state index is 8.50. The van der Waals surface area contributed by atoms with Crippen molar-refractivity contribution in [1.82, 2.24) is 4.98 Å². The van der Waals surface area contributed by atoms with Crippen LogP contribution in [0.5, 0.6) is 0 Å². The highest BCUT2D eigenvalue weighted by Gasteiger charge is 1.95. The van der Waals surface area contributed by atoms with Crippen molar-refractivity contribution in [2.75, 3.05) is 5.48 Å². The van der Waals surface area contributed by atoms with Crippen LogP contribution >= 0.6 is 0 Å². The topological polar surface area (TPSA) is 45.2 Å². The summed E-state index contributed by atoms with van der Waals surface area (Å²) < 4.78 is 0. The van der Waals surface area contributed by atoms with Crippen molar-refractivity contribution in [3.63, 3.8) is 0 Å². The molecule has 0 spiro atoms. The number of hydrogen-bond donors (Lipinski definition) is 2. The van der Waals surface area contributed by atoms with E-state index in [1.54, 1.807) is 6.20 Å². The van der Waals surface area contributed by atoms with E-state index in [1.165, 1.54) is 0 Å². The molecule has 0 radical (unpaired) electrons. The summed E-state index contributed by atoms with van der Waals surface area (Å²) in [6.45, 7) is 3.85. The molecule has 54 valence electrons. The van der Waals surface area contributed by atoms with Gasteiger partial charge in [0.05, 0.1) is 0 Å². The third kappa shape index (κ3) is 1.25. The number of aryl methyl sites for hydroxylation is 2. The molecule has 0 atom stereocenters. The smallest absolute Gasteiger partial charge is 0.152 e. The van der Waals surface area contributed by atoms with Gasteiger partial charge in [-0.2, -0.15) is 0 Å². The summed E-state index contributed by atoms with van der Waals surface area (Å²) in [4.78, 5) is 3.94. The minimum atomic E-state index is 0.519. The first-order valence-corrected chi connectivity index (χ1v) is 3.07. The predicted molar refractivity (Wildman–Crippen MR) is 39.1 cm³/mol. The second-order valence-electron chi connectivity index (χ2n) is 2.29. The van der Waals surface area contributed by atoms with Crippen LogP contribution in [0, 0.1) is 13.8 Å². The van der Waals surface area contributed by atoms with Crippen LogP contribution in [-0.4, -0.2) is 10.2 Å². The maximum Gasteiger partial charge on any atom is 0.152 e. The van der Waals surface area contributed by atoms with Crippen LogP contribution in [0.15, 0.2) is 12.3 Å².